The molecular formula is C21H29N3S. The van der Waals surface area contributed by atoms with Crippen molar-refractivity contribution in [2.24, 2.45) is 5.92 Å². The summed E-state index contributed by atoms with van der Waals surface area (Å²) >= 11 is 1.77. The maximum Gasteiger partial charge on any atom is 0.191 e. The Morgan fingerprint density at radius 2 is 1.92 bits per heavy atom. The molecule has 4 heteroatoms. The number of allylic oxidation sites excluding steroid dienone is 1. The average Bonchev–Trinajstić information content (AvgIpc) is 3.03. The van der Waals surface area contributed by atoms with Gasteiger partial charge in [0, 0.05) is 18.7 Å². The molecule has 1 aliphatic rings. The molecular weight excluding hydrogens is 326 g/mol. The van der Waals surface area contributed by atoms with Crippen LogP contribution in [-0.4, -0.2) is 14.8 Å². The van der Waals surface area contributed by atoms with Crippen LogP contribution < -0.4 is 0 Å². The van der Waals surface area contributed by atoms with Gasteiger partial charge in [0.25, 0.3) is 0 Å². The van der Waals surface area contributed by atoms with E-state index in [4.69, 9.17) is 0 Å². The summed E-state index contributed by atoms with van der Waals surface area (Å²) in [6, 6.07) is 8.72. The Morgan fingerprint density at radius 1 is 1.16 bits per heavy atom. The first-order valence-corrected chi connectivity index (χ1v) is 10.5. The third-order valence-corrected chi connectivity index (χ3v) is 6.13. The lowest BCUT2D eigenvalue weighted by molar-refractivity contribution is 0.336. The van der Waals surface area contributed by atoms with Crippen molar-refractivity contribution in [1.82, 2.24) is 14.8 Å². The topological polar surface area (TPSA) is 30.7 Å². The van der Waals surface area contributed by atoms with Gasteiger partial charge < -0.3 is 4.57 Å². The van der Waals surface area contributed by atoms with Crippen LogP contribution in [0.15, 0.2) is 42.1 Å². The number of aromatic nitrogens is 3. The number of rotatable bonds is 8. The number of hydrogen-bond donors (Lipinski definition) is 0. The lowest BCUT2D eigenvalue weighted by Gasteiger charge is -2.21. The van der Waals surface area contributed by atoms with Gasteiger partial charge in [-0.1, -0.05) is 79.8 Å². The van der Waals surface area contributed by atoms with Gasteiger partial charge in [0.05, 0.1) is 0 Å². The number of aryl methyl sites for hydroxylation is 2. The molecule has 0 atom stereocenters. The standard InChI is InChI=1S/C21H29N3S/c1-3-15-24-20(14-13-18-7-5-4-6-8-18)22-23-21(24)25-16-19-11-9-17(2)10-12-19/h3,9-12,18H,1,4-8,13-16H2,2H3. The molecule has 1 fully saturated rings. The zero-order chi connectivity index (χ0) is 17.5. The predicted molar refractivity (Wildman–Crippen MR) is 106 cm³/mol. The minimum atomic E-state index is 0.795. The Kier molecular flexibility index (Phi) is 6.74. The molecule has 1 heterocycles. The van der Waals surface area contributed by atoms with Gasteiger partial charge >= 0.3 is 0 Å². The fourth-order valence-corrected chi connectivity index (χ4v) is 4.49. The van der Waals surface area contributed by atoms with E-state index < -0.39 is 0 Å². The minimum absolute atomic E-state index is 0.795. The first-order chi connectivity index (χ1) is 12.3. The molecule has 0 N–H and O–H groups in total. The zero-order valence-electron chi connectivity index (χ0n) is 15.3. The summed E-state index contributed by atoms with van der Waals surface area (Å²) in [7, 11) is 0. The molecule has 0 saturated heterocycles. The second-order valence-electron chi connectivity index (χ2n) is 7.12. The zero-order valence-corrected chi connectivity index (χ0v) is 16.1. The third-order valence-electron chi connectivity index (χ3n) is 5.09. The summed E-state index contributed by atoms with van der Waals surface area (Å²) in [5.74, 6) is 2.93. The Labute approximate surface area is 155 Å². The fraction of sp³-hybridized carbons (Fsp3) is 0.524. The van der Waals surface area contributed by atoms with Crippen molar-refractivity contribution >= 4 is 11.8 Å². The molecule has 25 heavy (non-hydrogen) atoms. The van der Waals surface area contributed by atoms with E-state index >= 15 is 0 Å². The largest absolute Gasteiger partial charge is 0.302 e. The summed E-state index contributed by atoms with van der Waals surface area (Å²) in [5.41, 5.74) is 2.63. The second kappa shape index (κ2) is 9.23. The van der Waals surface area contributed by atoms with E-state index in [1.165, 1.54) is 49.7 Å². The summed E-state index contributed by atoms with van der Waals surface area (Å²) in [5, 5.41) is 9.96. The van der Waals surface area contributed by atoms with E-state index in [2.05, 4.69) is 52.5 Å². The van der Waals surface area contributed by atoms with Gasteiger partial charge in [0.15, 0.2) is 5.16 Å². The van der Waals surface area contributed by atoms with Crippen molar-refractivity contribution in [2.75, 3.05) is 0 Å². The second-order valence-corrected chi connectivity index (χ2v) is 8.06. The monoisotopic (exact) mass is 355 g/mol. The van der Waals surface area contributed by atoms with E-state index in [1.807, 2.05) is 6.08 Å². The van der Waals surface area contributed by atoms with E-state index in [0.717, 1.165) is 35.6 Å². The van der Waals surface area contributed by atoms with Gasteiger partial charge in [0.1, 0.15) is 5.82 Å². The number of hydrogen-bond acceptors (Lipinski definition) is 3. The average molecular weight is 356 g/mol. The van der Waals surface area contributed by atoms with Crippen LogP contribution in [0.2, 0.25) is 0 Å². The molecule has 1 saturated carbocycles. The maximum atomic E-state index is 4.49. The Bertz CT molecular complexity index is 669. The van der Waals surface area contributed by atoms with Crippen LogP contribution in [0.25, 0.3) is 0 Å². The fourth-order valence-electron chi connectivity index (χ4n) is 3.56. The van der Waals surface area contributed by atoms with Crippen LogP contribution in [0, 0.1) is 12.8 Å². The Morgan fingerprint density at radius 3 is 2.64 bits per heavy atom. The lowest BCUT2D eigenvalue weighted by Crippen LogP contribution is -2.10. The van der Waals surface area contributed by atoms with Gasteiger partial charge in [-0.05, 0) is 24.8 Å². The summed E-state index contributed by atoms with van der Waals surface area (Å²) in [4.78, 5) is 0. The smallest absolute Gasteiger partial charge is 0.191 e. The van der Waals surface area contributed by atoms with E-state index in [1.54, 1.807) is 11.8 Å². The maximum absolute atomic E-state index is 4.49. The molecule has 0 radical (unpaired) electrons. The van der Waals surface area contributed by atoms with Crippen molar-refractivity contribution in [2.45, 2.75) is 69.3 Å². The van der Waals surface area contributed by atoms with Gasteiger partial charge in [-0.3, -0.25) is 0 Å². The van der Waals surface area contributed by atoms with Gasteiger partial charge in [0.2, 0.25) is 0 Å². The predicted octanol–water partition coefficient (Wildman–Crippen LogP) is 5.58. The van der Waals surface area contributed by atoms with Gasteiger partial charge in [-0.15, -0.1) is 16.8 Å². The summed E-state index contributed by atoms with van der Waals surface area (Å²) in [6.45, 7) is 6.83. The number of nitrogens with zero attached hydrogens (tertiary/aromatic N) is 3. The number of thioether (sulfide) groups is 1. The van der Waals surface area contributed by atoms with Crippen LogP contribution in [-0.2, 0) is 18.7 Å². The van der Waals surface area contributed by atoms with Crippen LogP contribution in [0.4, 0.5) is 0 Å². The molecule has 1 aliphatic carbocycles. The van der Waals surface area contributed by atoms with Crippen molar-refractivity contribution in [3.05, 3.63) is 53.9 Å². The molecule has 0 unspecified atom stereocenters. The molecule has 3 nitrogen and oxygen atoms in total. The summed E-state index contributed by atoms with van der Waals surface area (Å²) < 4.78 is 2.24. The molecule has 1 aromatic carbocycles. The van der Waals surface area contributed by atoms with Crippen molar-refractivity contribution < 1.29 is 0 Å². The van der Waals surface area contributed by atoms with Crippen molar-refractivity contribution in [3.63, 3.8) is 0 Å². The first-order valence-electron chi connectivity index (χ1n) is 9.47. The molecule has 0 bridgehead atoms. The quantitative estimate of drug-likeness (QED) is 0.457. The Balaban J connectivity index is 1.61. The van der Waals surface area contributed by atoms with Gasteiger partial charge in [-0.2, -0.15) is 0 Å². The van der Waals surface area contributed by atoms with E-state index in [-0.39, 0.29) is 0 Å². The highest BCUT2D eigenvalue weighted by molar-refractivity contribution is 7.98. The summed E-state index contributed by atoms with van der Waals surface area (Å²) in [6.07, 6.45) is 11.2. The molecule has 0 amide bonds. The third kappa shape index (κ3) is 5.21. The number of benzene rings is 1. The molecule has 1 aromatic heterocycles. The molecule has 3 rings (SSSR count). The molecule has 134 valence electrons. The highest BCUT2D eigenvalue weighted by atomic mass is 32.2. The first kappa shape index (κ1) is 18.2. The van der Waals surface area contributed by atoms with Crippen LogP contribution in [0.3, 0.4) is 0 Å². The SMILES string of the molecule is C=CCn1c(CCC2CCCCC2)nnc1SCc1ccc(C)cc1. The van der Waals surface area contributed by atoms with E-state index in [0.29, 0.717) is 0 Å². The van der Waals surface area contributed by atoms with Crippen LogP contribution >= 0.6 is 11.8 Å². The molecule has 0 aliphatic heterocycles. The van der Waals surface area contributed by atoms with Crippen molar-refractivity contribution in [1.29, 1.82) is 0 Å². The highest BCUT2D eigenvalue weighted by Crippen LogP contribution is 2.28. The van der Waals surface area contributed by atoms with Crippen molar-refractivity contribution in [3.8, 4) is 0 Å². The van der Waals surface area contributed by atoms with E-state index in [9.17, 15) is 0 Å². The normalized spacial score (nSPS) is 15.4. The lowest BCUT2D eigenvalue weighted by atomic mass is 9.86. The highest BCUT2D eigenvalue weighted by Gasteiger charge is 2.17. The molecule has 2 aromatic rings. The van der Waals surface area contributed by atoms with Gasteiger partial charge in [-0.25, -0.2) is 0 Å². The van der Waals surface area contributed by atoms with Crippen LogP contribution in [0.1, 0.15) is 55.5 Å². The molecule has 0 spiro atoms. The minimum Gasteiger partial charge on any atom is -0.302 e. The van der Waals surface area contributed by atoms with Crippen LogP contribution in [0.5, 0.6) is 0 Å². The Hall–Kier alpha value is -1.55.